The summed E-state index contributed by atoms with van der Waals surface area (Å²) in [5.74, 6) is 0. The van der Waals surface area contributed by atoms with Gasteiger partial charge in [0.25, 0.3) is 0 Å². The van der Waals surface area contributed by atoms with Crippen LogP contribution in [0.2, 0.25) is 0 Å². The average molecular weight is 131 g/mol. The molecule has 2 atom stereocenters. The molecule has 0 aromatic rings. The smallest absolute Gasteiger partial charge is 0.110 e. The zero-order chi connectivity index (χ0) is 6.69. The van der Waals surface area contributed by atoms with Crippen LogP contribution in [-0.4, -0.2) is 33.1 Å². The minimum absolute atomic E-state index is 0.204. The van der Waals surface area contributed by atoms with E-state index in [9.17, 15) is 0 Å². The minimum Gasteiger partial charge on any atom is -0.380 e. The van der Waals surface area contributed by atoms with Crippen molar-refractivity contribution in [1.82, 2.24) is 5.32 Å². The van der Waals surface area contributed by atoms with E-state index in [4.69, 9.17) is 9.47 Å². The number of methoxy groups -OCH3 is 2. The van der Waals surface area contributed by atoms with Crippen molar-refractivity contribution in [2.75, 3.05) is 20.8 Å². The third-order valence-electron chi connectivity index (χ3n) is 1.67. The predicted octanol–water partition coefficient (Wildman–Crippen LogP) is -0.0328. The Labute approximate surface area is 55.3 Å². The van der Waals surface area contributed by atoms with Crippen LogP contribution in [0, 0.1) is 0 Å². The molecule has 0 saturated carbocycles. The minimum atomic E-state index is 0.204. The topological polar surface area (TPSA) is 30.5 Å². The molecule has 1 aliphatic rings. The fourth-order valence-corrected chi connectivity index (χ4v) is 1.03. The van der Waals surface area contributed by atoms with Crippen molar-refractivity contribution >= 4 is 0 Å². The summed E-state index contributed by atoms with van der Waals surface area (Å²) in [7, 11) is 3.43. The second-order valence-corrected chi connectivity index (χ2v) is 2.23. The molecule has 1 rings (SSSR count). The summed E-state index contributed by atoms with van der Waals surface area (Å²) in [6.45, 7) is 0.912. The fraction of sp³-hybridized carbons (Fsp3) is 1.00. The Bertz CT molecular complexity index is 77.1. The van der Waals surface area contributed by atoms with Gasteiger partial charge in [0.1, 0.15) is 6.23 Å². The van der Waals surface area contributed by atoms with E-state index in [0.717, 1.165) is 13.0 Å². The molecule has 3 heteroatoms. The largest absolute Gasteiger partial charge is 0.380 e. The molecule has 1 saturated heterocycles. The molecule has 1 fully saturated rings. The molecule has 0 spiro atoms. The van der Waals surface area contributed by atoms with Crippen LogP contribution < -0.4 is 5.32 Å². The molecular formula is C6H13NO2. The van der Waals surface area contributed by atoms with Crippen molar-refractivity contribution in [3.63, 3.8) is 0 Å². The molecule has 9 heavy (non-hydrogen) atoms. The van der Waals surface area contributed by atoms with E-state index < -0.39 is 0 Å². The van der Waals surface area contributed by atoms with Gasteiger partial charge in [0, 0.05) is 27.2 Å². The molecule has 3 nitrogen and oxygen atoms in total. The first kappa shape index (κ1) is 6.99. The molecule has 54 valence electrons. The van der Waals surface area contributed by atoms with Gasteiger partial charge in [-0.1, -0.05) is 0 Å². The van der Waals surface area contributed by atoms with Gasteiger partial charge in [-0.05, 0) is 0 Å². The summed E-state index contributed by atoms with van der Waals surface area (Å²) in [4.78, 5) is 0. The van der Waals surface area contributed by atoms with Gasteiger partial charge < -0.3 is 9.47 Å². The zero-order valence-corrected chi connectivity index (χ0v) is 5.89. The Morgan fingerprint density at radius 1 is 1.33 bits per heavy atom. The molecule has 1 N–H and O–H groups in total. The molecule has 2 unspecified atom stereocenters. The maximum absolute atomic E-state index is 5.10. The van der Waals surface area contributed by atoms with E-state index in [1.165, 1.54) is 0 Å². The summed E-state index contributed by atoms with van der Waals surface area (Å²) in [5.41, 5.74) is 0. The van der Waals surface area contributed by atoms with Crippen LogP contribution >= 0.6 is 0 Å². The second-order valence-electron chi connectivity index (χ2n) is 2.23. The summed E-state index contributed by atoms with van der Waals surface area (Å²) >= 11 is 0. The molecule has 0 aromatic carbocycles. The van der Waals surface area contributed by atoms with Gasteiger partial charge in [-0.25, -0.2) is 0 Å². The average Bonchev–Trinajstić information content (AvgIpc) is 2.34. The lowest BCUT2D eigenvalue weighted by Crippen LogP contribution is -2.22. The fourth-order valence-electron chi connectivity index (χ4n) is 1.03. The standard InChI is InChI=1S/C6H13NO2/c1-8-5-3-6(9-2)7-4-5/h5-7H,3-4H2,1-2H3. The van der Waals surface area contributed by atoms with Gasteiger partial charge >= 0.3 is 0 Å². The Kier molecular flexibility index (Phi) is 2.45. The number of hydrogen-bond donors (Lipinski definition) is 1. The van der Waals surface area contributed by atoms with E-state index in [1.54, 1.807) is 14.2 Å². The van der Waals surface area contributed by atoms with Crippen LogP contribution in [0.4, 0.5) is 0 Å². The first-order valence-corrected chi connectivity index (χ1v) is 3.15. The molecule has 1 aliphatic heterocycles. The van der Waals surface area contributed by atoms with E-state index in [0.29, 0.717) is 6.10 Å². The summed E-state index contributed by atoms with van der Waals surface area (Å²) in [5, 5.41) is 3.16. The van der Waals surface area contributed by atoms with Crippen molar-refractivity contribution in [2.45, 2.75) is 18.8 Å². The van der Waals surface area contributed by atoms with Crippen LogP contribution in [-0.2, 0) is 9.47 Å². The Morgan fingerprint density at radius 3 is 2.44 bits per heavy atom. The second kappa shape index (κ2) is 3.15. The SMILES string of the molecule is COC1CNC(OC)C1. The van der Waals surface area contributed by atoms with Crippen molar-refractivity contribution in [3.8, 4) is 0 Å². The van der Waals surface area contributed by atoms with Gasteiger partial charge in [-0.2, -0.15) is 0 Å². The van der Waals surface area contributed by atoms with Gasteiger partial charge in [-0.15, -0.1) is 0 Å². The van der Waals surface area contributed by atoms with Gasteiger partial charge in [0.15, 0.2) is 0 Å². The van der Waals surface area contributed by atoms with Crippen molar-refractivity contribution in [1.29, 1.82) is 0 Å². The third kappa shape index (κ3) is 1.64. The van der Waals surface area contributed by atoms with Crippen molar-refractivity contribution in [3.05, 3.63) is 0 Å². The molecular weight excluding hydrogens is 118 g/mol. The Hall–Kier alpha value is -0.120. The van der Waals surface area contributed by atoms with E-state index in [2.05, 4.69) is 5.32 Å². The highest BCUT2D eigenvalue weighted by molar-refractivity contribution is 4.75. The first-order valence-electron chi connectivity index (χ1n) is 3.15. The molecule has 1 heterocycles. The maximum Gasteiger partial charge on any atom is 0.110 e. The molecule has 0 radical (unpaired) electrons. The first-order chi connectivity index (χ1) is 4.36. The summed E-state index contributed by atoms with van der Waals surface area (Å²) in [6, 6.07) is 0. The zero-order valence-electron chi connectivity index (χ0n) is 5.89. The molecule has 0 aromatic heterocycles. The highest BCUT2D eigenvalue weighted by atomic mass is 16.5. The monoisotopic (exact) mass is 131 g/mol. The van der Waals surface area contributed by atoms with E-state index in [-0.39, 0.29) is 6.23 Å². The summed E-state index contributed by atoms with van der Waals surface area (Å²) < 4.78 is 10.2. The van der Waals surface area contributed by atoms with Crippen LogP contribution in [0.25, 0.3) is 0 Å². The molecule has 0 bridgehead atoms. The van der Waals surface area contributed by atoms with E-state index >= 15 is 0 Å². The van der Waals surface area contributed by atoms with Crippen LogP contribution in [0.5, 0.6) is 0 Å². The van der Waals surface area contributed by atoms with Gasteiger partial charge in [0.2, 0.25) is 0 Å². The quantitative estimate of drug-likeness (QED) is 0.570. The highest BCUT2D eigenvalue weighted by Gasteiger charge is 2.22. The number of ether oxygens (including phenoxy) is 2. The lowest BCUT2D eigenvalue weighted by molar-refractivity contribution is 0.0643. The molecule has 0 aliphatic carbocycles. The molecule has 0 amide bonds. The van der Waals surface area contributed by atoms with E-state index in [1.807, 2.05) is 0 Å². The van der Waals surface area contributed by atoms with Gasteiger partial charge in [0.05, 0.1) is 6.10 Å². The lowest BCUT2D eigenvalue weighted by atomic mass is 10.3. The van der Waals surface area contributed by atoms with Crippen LogP contribution in [0.1, 0.15) is 6.42 Å². The number of nitrogens with one attached hydrogen (secondary N) is 1. The normalized spacial score (nSPS) is 35.3. The van der Waals surface area contributed by atoms with Crippen molar-refractivity contribution < 1.29 is 9.47 Å². The highest BCUT2D eigenvalue weighted by Crippen LogP contribution is 2.08. The maximum atomic E-state index is 5.10. The summed E-state index contributed by atoms with van der Waals surface area (Å²) in [6.07, 6.45) is 1.51. The number of rotatable bonds is 2. The Balaban J connectivity index is 2.20. The van der Waals surface area contributed by atoms with Gasteiger partial charge in [-0.3, -0.25) is 5.32 Å². The predicted molar refractivity (Wildman–Crippen MR) is 34.2 cm³/mol. The van der Waals surface area contributed by atoms with Crippen LogP contribution in [0.15, 0.2) is 0 Å². The number of hydrogen-bond acceptors (Lipinski definition) is 3. The third-order valence-corrected chi connectivity index (χ3v) is 1.67. The lowest BCUT2D eigenvalue weighted by Gasteiger charge is -2.05. The van der Waals surface area contributed by atoms with Crippen molar-refractivity contribution in [2.24, 2.45) is 0 Å². The Morgan fingerprint density at radius 2 is 2.11 bits per heavy atom. The van der Waals surface area contributed by atoms with Crippen LogP contribution in [0.3, 0.4) is 0 Å².